The van der Waals surface area contributed by atoms with Crippen LogP contribution in [0.2, 0.25) is 10.0 Å². The molecule has 0 bridgehead atoms. The predicted molar refractivity (Wildman–Crippen MR) is 199 cm³/mol. The number of aliphatic imine (C=N–C) groups is 2. The lowest BCUT2D eigenvalue weighted by molar-refractivity contribution is -0.120. The average molecular weight is 702 g/mol. The van der Waals surface area contributed by atoms with E-state index in [4.69, 9.17) is 42.9 Å². The van der Waals surface area contributed by atoms with Crippen LogP contribution in [0.4, 0.5) is 0 Å². The summed E-state index contributed by atoms with van der Waals surface area (Å²) in [5, 5.41) is 1.34. The van der Waals surface area contributed by atoms with Gasteiger partial charge in [0.15, 0.2) is 0 Å². The molecule has 0 spiro atoms. The number of ether oxygens (including phenoxy) is 1. The van der Waals surface area contributed by atoms with Crippen molar-refractivity contribution < 1.29 is 9.53 Å². The summed E-state index contributed by atoms with van der Waals surface area (Å²) in [5.74, 6) is 2.51. The summed E-state index contributed by atoms with van der Waals surface area (Å²) in [6.45, 7) is 18.0. The van der Waals surface area contributed by atoms with Crippen LogP contribution < -0.4 is 4.74 Å². The minimum atomic E-state index is -0.319. The van der Waals surface area contributed by atoms with Gasteiger partial charge in [0.1, 0.15) is 17.4 Å². The van der Waals surface area contributed by atoms with Gasteiger partial charge in [-0.05, 0) is 83.1 Å². The molecule has 0 saturated carbocycles. The molecule has 0 saturated heterocycles. The number of amidine groups is 2. The summed E-state index contributed by atoms with van der Waals surface area (Å²) < 4.78 is 6.27. The molecule has 6 rings (SSSR count). The second-order valence-electron chi connectivity index (χ2n) is 14.3. The summed E-state index contributed by atoms with van der Waals surface area (Å²) in [4.78, 5) is 35.0. The maximum absolute atomic E-state index is 13.1. The number of halogens is 2. The minimum Gasteiger partial charge on any atom is -0.493 e. The van der Waals surface area contributed by atoms with Crippen molar-refractivity contribution in [1.29, 1.82) is 0 Å². The fourth-order valence-corrected chi connectivity index (χ4v) is 7.20. The summed E-state index contributed by atoms with van der Waals surface area (Å²) in [7, 11) is 0. The van der Waals surface area contributed by atoms with Crippen LogP contribution in [-0.4, -0.2) is 75.1 Å². The molecule has 0 radical (unpaired) electrons. The molecule has 1 amide bonds. The number of pyridine rings is 1. The smallest absolute Gasteiger partial charge is 0.210 e. The molecule has 0 aliphatic carbocycles. The predicted octanol–water partition coefficient (Wildman–Crippen LogP) is 8.28. The number of hydrogen-bond acceptors (Lipinski definition) is 7. The Labute approximate surface area is 300 Å². The van der Waals surface area contributed by atoms with Gasteiger partial charge >= 0.3 is 0 Å². The first-order valence-corrected chi connectivity index (χ1v) is 17.9. The van der Waals surface area contributed by atoms with Gasteiger partial charge in [-0.1, -0.05) is 44.0 Å². The summed E-state index contributed by atoms with van der Waals surface area (Å²) in [6, 6.07) is 17.6. The minimum absolute atomic E-state index is 0.0276. The van der Waals surface area contributed by atoms with Gasteiger partial charge in [-0.2, -0.15) is 0 Å². The van der Waals surface area contributed by atoms with Crippen LogP contribution in [0.5, 0.6) is 5.75 Å². The van der Waals surface area contributed by atoms with Crippen LogP contribution in [0.15, 0.2) is 82.2 Å². The third kappa shape index (κ3) is 6.70. The molecular weight excluding hydrogens is 655 g/mol. The van der Waals surface area contributed by atoms with Gasteiger partial charge in [0, 0.05) is 62.2 Å². The Morgan fingerprint density at radius 2 is 1.35 bits per heavy atom. The van der Waals surface area contributed by atoms with Gasteiger partial charge in [0.25, 0.3) is 0 Å². The lowest BCUT2D eigenvalue weighted by Gasteiger charge is -2.45. The monoisotopic (exact) mass is 700 g/mol. The van der Waals surface area contributed by atoms with Gasteiger partial charge in [0.05, 0.1) is 49.1 Å². The summed E-state index contributed by atoms with van der Waals surface area (Å²) >= 11 is 12.6. The van der Waals surface area contributed by atoms with Crippen LogP contribution in [0.3, 0.4) is 0 Å². The van der Waals surface area contributed by atoms with E-state index in [2.05, 4.69) is 58.3 Å². The van der Waals surface area contributed by atoms with Crippen molar-refractivity contribution in [3.8, 4) is 5.75 Å². The maximum Gasteiger partial charge on any atom is 0.210 e. The zero-order valence-electron chi connectivity index (χ0n) is 29.6. The number of rotatable bonds is 8. The second-order valence-corrected chi connectivity index (χ2v) is 15.2. The maximum atomic E-state index is 13.1. The van der Waals surface area contributed by atoms with Crippen molar-refractivity contribution in [3.05, 3.63) is 105 Å². The highest BCUT2D eigenvalue weighted by molar-refractivity contribution is 6.31. The van der Waals surface area contributed by atoms with Gasteiger partial charge in [-0.25, -0.2) is 0 Å². The highest BCUT2D eigenvalue weighted by Gasteiger charge is 2.44. The summed E-state index contributed by atoms with van der Waals surface area (Å²) in [6.07, 6.45) is 3.39. The fraction of sp³-hybridized carbons (Fsp3) is 0.436. The Morgan fingerprint density at radius 3 is 1.82 bits per heavy atom. The Bertz CT molecular complexity index is 1800. The SMILES string of the molecule is CCOc1cc(C(C)(C)C)ncc1C1CC(N2C(c3ccc(Cl)cc3)=N[C@@H](C)[C@H]2C)=C(N2C(c3ccc(Cl)cc3)=NC(C)C2C)CN1C=O. The van der Waals surface area contributed by atoms with Crippen LogP contribution in [0.1, 0.15) is 90.2 Å². The van der Waals surface area contributed by atoms with E-state index in [0.29, 0.717) is 29.6 Å². The standard InChI is InChI=1S/C39H46Cl2N6O2/c1-9-49-35-19-36(39(6,7)8)42-20-31(35)32-18-33(46-25(4)23(2)43-37(46)27-10-14-29(40)15-11-27)34(21-45(32)22-48)47-26(5)24(3)44-38(47)28-12-16-30(41)17-13-28/h10-17,19-20,22-26,32H,9,18,21H2,1-8H3/t23-,24?,25+,26?,32?/m0/s1. The number of nitrogens with zero attached hydrogens (tertiary/aromatic N) is 6. The number of aromatic nitrogens is 1. The van der Waals surface area contributed by atoms with E-state index < -0.39 is 0 Å². The third-order valence-electron chi connectivity index (χ3n) is 10.0. The van der Waals surface area contributed by atoms with Crippen molar-refractivity contribution in [2.45, 2.75) is 97.4 Å². The zero-order valence-corrected chi connectivity index (χ0v) is 31.1. The lowest BCUT2D eigenvalue weighted by Crippen LogP contribution is -2.49. The van der Waals surface area contributed by atoms with Gasteiger partial charge in [-0.3, -0.25) is 19.8 Å². The first kappa shape index (κ1) is 35.0. The first-order chi connectivity index (χ1) is 23.3. The normalized spacial score (nSPS) is 24.4. The molecule has 3 aliphatic heterocycles. The largest absolute Gasteiger partial charge is 0.493 e. The first-order valence-electron chi connectivity index (χ1n) is 17.1. The fourth-order valence-electron chi connectivity index (χ4n) is 6.95. The quantitative estimate of drug-likeness (QED) is 0.221. The third-order valence-corrected chi connectivity index (χ3v) is 10.5. The Hall–Kier alpha value is -3.88. The van der Waals surface area contributed by atoms with E-state index in [1.165, 1.54) is 0 Å². The second kappa shape index (κ2) is 13.8. The average Bonchev–Trinajstić information content (AvgIpc) is 3.54. The van der Waals surface area contributed by atoms with Crippen molar-refractivity contribution in [2.75, 3.05) is 13.2 Å². The Balaban J connectivity index is 1.56. The molecule has 2 aromatic carbocycles. The molecule has 10 heteroatoms. The van der Waals surface area contributed by atoms with Crippen molar-refractivity contribution in [2.24, 2.45) is 9.98 Å². The highest BCUT2D eigenvalue weighted by Crippen LogP contribution is 2.44. The van der Waals surface area contributed by atoms with Crippen LogP contribution >= 0.6 is 23.2 Å². The molecule has 258 valence electrons. The molecule has 5 atom stereocenters. The number of carbonyl (C=O) groups excluding carboxylic acids is 1. The lowest BCUT2D eigenvalue weighted by atomic mass is 9.89. The molecule has 4 heterocycles. The molecule has 8 nitrogen and oxygen atoms in total. The topological polar surface area (TPSA) is 73.6 Å². The van der Waals surface area contributed by atoms with Crippen molar-refractivity contribution in [3.63, 3.8) is 0 Å². The number of benzene rings is 2. The van der Waals surface area contributed by atoms with Gasteiger partial charge in [0.2, 0.25) is 6.41 Å². The molecule has 3 aliphatic rings. The molecule has 3 unspecified atom stereocenters. The van der Waals surface area contributed by atoms with Crippen molar-refractivity contribution >= 4 is 41.3 Å². The Morgan fingerprint density at radius 1 is 0.837 bits per heavy atom. The number of amides is 1. The van der Waals surface area contributed by atoms with Crippen LogP contribution in [0.25, 0.3) is 0 Å². The molecule has 3 aromatic rings. The molecule has 49 heavy (non-hydrogen) atoms. The van der Waals surface area contributed by atoms with Crippen molar-refractivity contribution in [1.82, 2.24) is 19.7 Å². The highest BCUT2D eigenvalue weighted by atomic mass is 35.5. The van der Waals surface area contributed by atoms with Crippen LogP contribution in [0, 0.1) is 0 Å². The summed E-state index contributed by atoms with van der Waals surface area (Å²) in [5.41, 5.74) is 5.74. The van der Waals surface area contributed by atoms with E-state index in [1.54, 1.807) is 0 Å². The van der Waals surface area contributed by atoms with E-state index in [9.17, 15) is 4.79 Å². The van der Waals surface area contributed by atoms with Gasteiger partial charge in [-0.15, -0.1) is 0 Å². The van der Waals surface area contributed by atoms with E-state index in [1.807, 2.05) is 72.6 Å². The zero-order chi connectivity index (χ0) is 35.2. The molecule has 1 aromatic heterocycles. The Kier molecular flexibility index (Phi) is 9.84. The van der Waals surface area contributed by atoms with E-state index in [-0.39, 0.29) is 35.6 Å². The number of hydrogen-bond donors (Lipinski definition) is 0. The van der Waals surface area contributed by atoms with Gasteiger partial charge < -0.3 is 19.4 Å². The molecule has 0 fully saturated rings. The van der Waals surface area contributed by atoms with E-state index in [0.717, 1.165) is 57.6 Å². The van der Waals surface area contributed by atoms with Crippen LogP contribution in [-0.2, 0) is 10.2 Å². The van der Waals surface area contributed by atoms with E-state index >= 15 is 0 Å². The number of carbonyl (C=O) groups is 1. The molecule has 0 N–H and O–H groups in total. The molecular formula is C39H46Cl2N6O2.